The third-order valence-electron chi connectivity index (χ3n) is 2.82. The second-order valence-corrected chi connectivity index (χ2v) is 5.99. The molecule has 7 nitrogen and oxygen atoms in total. The van der Waals surface area contributed by atoms with Gasteiger partial charge in [0.15, 0.2) is 10.7 Å². The summed E-state index contributed by atoms with van der Waals surface area (Å²) >= 11 is 0. The van der Waals surface area contributed by atoms with Gasteiger partial charge in [0.1, 0.15) is 23.8 Å². The fraction of sp³-hybridized carbons (Fsp3) is 0. The molecule has 2 heterocycles. The monoisotopic (exact) mass is 337 g/mol. The first-order valence-corrected chi connectivity index (χ1v) is 7.74. The smallest absolute Gasteiger partial charge is 0.263 e. The van der Waals surface area contributed by atoms with E-state index in [0.717, 1.165) is 24.5 Å². The van der Waals surface area contributed by atoms with E-state index in [1.807, 2.05) is 4.72 Å². The van der Waals surface area contributed by atoms with E-state index in [9.17, 15) is 17.2 Å². The highest BCUT2D eigenvalue weighted by Crippen LogP contribution is 2.21. The van der Waals surface area contributed by atoms with Gasteiger partial charge in [-0.1, -0.05) is 6.07 Å². The third kappa shape index (κ3) is 3.01. The summed E-state index contributed by atoms with van der Waals surface area (Å²) in [5.41, 5.74) is 0. The van der Waals surface area contributed by atoms with Crippen molar-refractivity contribution in [2.75, 3.05) is 4.72 Å². The Labute approximate surface area is 129 Å². The molecule has 0 unspecified atom stereocenters. The molecule has 0 aliphatic carbocycles. The number of halogens is 2. The van der Waals surface area contributed by atoms with Crippen molar-refractivity contribution in [3.63, 3.8) is 0 Å². The molecule has 3 aromatic rings. The topological polar surface area (TPSA) is 89.8 Å². The number of sulfonamides is 1. The third-order valence-corrected chi connectivity index (χ3v) is 4.22. The lowest BCUT2D eigenvalue weighted by molar-refractivity contribution is 0.521. The minimum absolute atomic E-state index is 0.145. The van der Waals surface area contributed by atoms with Crippen LogP contribution in [-0.2, 0) is 10.0 Å². The van der Waals surface area contributed by atoms with Crippen LogP contribution in [0.3, 0.4) is 0 Å². The van der Waals surface area contributed by atoms with Gasteiger partial charge in [0.25, 0.3) is 10.0 Å². The van der Waals surface area contributed by atoms with Gasteiger partial charge in [0.05, 0.1) is 0 Å². The Morgan fingerprint density at radius 3 is 2.48 bits per heavy atom. The van der Waals surface area contributed by atoms with Crippen LogP contribution in [0.25, 0.3) is 5.82 Å². The predicted octanol–water partition coefficient (Wildman–Crippen LogP) is 1.74. The molecule has 0 radical (unpaired) electrons. The summed E-state index contributed by atoms with van der Waals surface area (Å²) in [6.07, 6.45) is 4.21. The number of hydrogen-bond donors (Lipinski definition) is 1. The van der Waals surface area contributed by atoms with Crippen LogP contribution < -0.4 is 4.72 Å². The van der Waals surface area contributed by atoms with Crippen LogP contribution in [0.5, 0.6) is 0 Å². The zero-order valence-electron chi connectivity index (χ0n) is 11.4. The van der Waals surface area contributed by atoms with Gasteiger partial charge >= 0.3 is 0 Å². The van der Waals surface area contributed by atoms with Gasteiger partial charge in [0.2, 0.25) is 0 Å². The maximum atomic E-state index is 13.6. The minimum atomic E-state index is -4.48. The average Bonchev–Trinajstić information content (AvgIpc) is 3.00. The SMILES string of the molecule is O=S(=O)(Nc1cc(-n2cccn2)ncn1)c1c(F)cccc1F. The summed E-state index contributed by atoms with van der Waals surface area (Å²) in [5.74, 6) is -2.25. The van der Waals surface area contributed by atoms with Crippen LogP contribution in [0.2, 0.25) is 0 Å². The number of hydrogen-bond acceptors (Lipinski definition) is 5. The van der Waals surface area contributed by atoms with Crippen molar-refractivity contribution < 1.29 is 17.2 Å². The van der Waals surface area contributed by atoms with Crippen molar-refractivity contribution in [2.45, 2.75) is 4.90 Å². The van der Waals surface area contributed by atoms with Crippen LogP contribution in [0.1, 0.15) is 0 Å². The Morgan fingerprint density at radius 1 is 1.09 bits per heavy atom. The fourth-order valence-electron chi connectivity index (χ4n) is 1.86. The Kier molecular flexibility index (Phi) is 3.74. The Bertz CT molecular complexity index is 925. The van der Waals surface area contributed by atoms with Crippen molar-refractivity contribution in [2.24, 2.45) is 0 Å². The molecule has 0 bridgehead atoms. The molecule has 1 N–H and O–H groups in total. The molecule has 0 amide bonds. The van der Waals surface area contributed by atoms with Crippen molar-refractivity contribution in [3.8, 4) is 5.82 Å². The average molecular weight is 337 g/mol. The van der Waals surface area contributed by atoms with Gasteiger partial charge in [-0.15, -0.1) is 0 Å². The maximum Gasteiger partial charge on any atom is 0.268 e. The van der Waals surface area contributed by atoms with E-state index in [-0.39, 0.29) is 11.6 Å². The van der Waals surface area contributed by atoms with Crippen LogP contribution in [0, 0.1) is 11.6 Å². The van der Waals surface area contributed by atoms with Gasteiger partial charge in [-0.25, -0.2) is 31.8 Å². The lowest BCUT2D eigenvalue weighted by Gasteiger charge is -2.09. The lowest BCUT2D eigenvalue weighted by atomic mass is 10.3. The van der Waals surface area contributed by atoms with Gasteiger partial charge in [0, 0.05) is 18.5 Å². The molecule has 0 saturated heterocycles. The molecule has 1 aromatic carbocycles. The number of nitrogens with zero attached hydrogens (tertiary/aromatic N) is 4. The number of anilines is 1. The van der Waals surface area contributed by atoms with Crippen LogP contribution in [-0.4, -0.2) is 28.2 Å². The largest absolute Gasteiger partial charge is 0.268 e. The van der Waals surface area contributed by atoms with E-state index < -0.39 is 26.6 Å². The number of benzene rings is 1. The molecule has 0 saturated carbocycles. The van der Waals surface area contributed by atoms with Crippen molar-refractivity contribution in [1.82, 2.24) is 19.7 Å². The standard InChI is InChI=1S/C13H9F2N5O2S/c14-9-3-1-4-10(15)13(9)23(21,22)19-11-7-12(17-8-16-11)20-6-2-5-18-20/h1-8H,(H,16,17,19). The van der Waals surface area contributed by atoms with E-state index in [2.05, 4.69) is 15.1 Å². The predicted molar refractivity (Wildman–Crippen MR) is 76.3 cm³/mol. The Balaban J connectivity index is 1.97. The van der Waals surface area contributed by atoms with E-state index in [4.69, 9.17) is 0 Å². The fourth-order valence-corrected chi connectivity index (χ4v) is 3.00. The summed E-state index contributed by atoms with van der Waals surface area (Å²) < 4.78 is 55.0. The highest BCUT2D eigenvalue weighted by atomic mass is 32.2. The molecule has 118 valence electrons. The molecule has 23 heavy (non-hydrogen) atoms. The first-order valence-electron chi connectivity index (χ1n) is 6.26. The maximum absolute atomic E-state index is 13.6. The first kappa shape index (κ1) is 15.0. The van der Waals surface area contributed by atoms with Crippen molar-refractivity contribution in [1.29, 1.82) is 0 Å². The normalized spacial score (nSPS) is 11.4. The minimum Gasteiger partial charge on any atom is -0.263 e. The van der Waals surface area contributed by atoms with Gasteiger partial charge in [-0.2, -0.15) is 5.10 Å². The van der Waals surface area contributed by atoms with Gasteiger partial charge < -0.3 is 0 Å². The lowest BCUT2D eigenvalue weighted by Crippen LogP contribution is -2.17. The molecule has 2 aromatic heterocycles. The van der Waals surface area contributed by atoms with E-state index in [1.54, 1.807) is 12.3 Å². The van der Waals surface area contributed by atoms with Crippen molar-refractivity contribution >= 4 is 15.8 Å². The molecule has 3 rings (SSSR count). The highest BCUT2D eigenvalue weighted by molar-refractivity contribution is 7.92. The van der Waals surface area contributed by atoms with E-state index >= 15 is 0 Å². The second-order valence-electron chi connectivity index (χ2n) is 4.37. The van der Waals surface area contributed by atoms with Crippen LogP contribution in [0.15, 0.2) is 53.9 Å². The highest BCUT2D eigenvalue weighted by Gasteiger charge is 2.24. The zero-order valence-corrected chi connectivity index (χ0v) is 12.2. The van der Waals surface area contributed by atoms with Crippen molar-refractivity contribution in [3.05, 3.63) is 60.7 Å². The summed E-state index contributed by atoms with van der Waals surface area (Å²) in [6.45, 7) is 0. The summed E-state index contributed by atoms with van der Waals surface area (Å²) in [7, 11) is -4.48. The molecule has 0 aliphatic rings. The number of nitrogens with one attached hydrogen (secondary N) is 1. The first-order chi connectivity index (χ1) is 11.0. The molecule has 10 heteroatoms. The molecule has 0 spiro atoms. The van der Waals surface area contributed by atoms with Gasteiger partial charge in [-0.3, -0.25) is 4.72 Å². The Morgan fingerprint density at radius 2 is 1.83 bits per heavy atom. The van der Waals surface area contributed by atoms with E-state index in [0.29, 0.717) is 0 Å². The molecule has 0 aliphatic heterocycles. The summed E-state index contributed by atoms with van der Waals surface area (Å²) in [4.78, 5) is 6.59. The molecular formula is C13H9F2N5O2S. The zero-order chi connectivity index (χ0) is 16.4. The van der Waals surface area contributed by atoms with E-state index in [1.165, 1.54) is 16.9 Å². The summed E-state index contributed by atoms with van der Waals surface area (Å²) in [6, 6.07) is 5.72. The quantitative estimate of drug-likeness (QED) is 0.783. The van der Waals surface area contributed by atoms with Crippen LogP contribution in [0.4, 0.5) is 14.6 Å². The van der Waals surface area contributed by atoms with Crippen LogP contribution >= 0.6 is 0 Å². The van der Waals surface area contributed by atoms with Gasteiger partial charge in [-0.05, 0) is 18.2 Å². The number of rotatable bonds is 4. The molecule has 0 atom stereocenters. The second kappa shape index (κ2) is 5.72. The summed E-state index contributed by atoms with van der Waals surface area (Å²) in [5, 5.41) is 3.94. The Hall–Kier alpha value is -2.88. The molecular weight excluding hydrogens is 328 g/mol. The number of aromatic nitrogens is 4. The molecule has 0 fully saturated rings.